The third-order valence-electron chi connectivity index (χ3n) is 3.52. The van der Waals surface area contributed by atoms with Crippen molar-refractivity contribution in [2.45, 2.75) is 33.6 Å². The van der Waals surface area contributed by atoms with Crippen LogP contribution in [0.5, 0.6) is 5.75 Å². The maximum absolute atomic E-state index is 14.0. The summed E-state index contributed by atoms with van der Waals surface area (Å²) >= 11 is 0. The van der Waals surface area contributed by atoms with Crippen molar-refractivity contribution in [3.8, 4) is 5.75 Å². The Balaban J connectivity index is 0.00000176. The summed E-state index contributed by atoms with van der Waals surface area (Å²) < 4.78 is 33.4. The van der Waals surface area contributed by atoms with E-state index < -0.39 is 17.5 Å². The van der Waals surface area contributed by atoms with E-state index in [0.29, 0.717) is 12.8 Å². The number of primary amides is 1. The molecule has 5 nitrogen and oxygen atoms in total. The van der Waals surface area contributed by atoms with E-state index in [2.05, 4.69) is 5.32 Å². The summed E-state index contributed by atoms with van der Waals surface area (Å²) in [5, 5.41) is 11.5. The molecular weight excluding hydrogens is 354 g/mol. The lowest BCUT2D eigenvalue weighted by molar-refractivity contribution is 0.0997. The third kappa shape index (κ3) is 6.53. The van der Waals surface area contributed by atoms with Crippen molar-refractivity contribution in [1.82, 2.24) is 0 Å². The first-order chi connectivity index (χ1) is 12.9. The summed E-state index contributed by atoms with van der Waals surface area (Å²) in [6, 6.07) is 6.59. The molecule has 2 rings (SSSR count). The fourth-order valence-electron chi connectivity index (χ4n) is 2.31. The topological polar surface area (TPSA) is 84.6 Å². The van der Waals surface area contributed by atoms with Crippen molar-refractivity contribution in [2.75, 3.05) is 18.5 Å². The summed E-state index contributed by atoms with van der Waals surface area (Å²) in [5.74, 6) is -2.05. The second-order valence-corrected chi connectivity index (χ2v) is 5.58. The van der Waals surface area contributed by atoms with Crippen molar-refractivity contribution in [1.29, 1.82) is 0 Å². The van der Waals surface area contributed by atoms with Gasteiger partial charge in [-0.15, -0.1) is 0 Å². The molecule has 0 aliphatic rings. The molecule has 4 N–H and O–H groups in total. The molecule has 0 bridgehead atoms. The van der Waals surface area contributed by atoms with Gasteiger partial charge in [-0.3, -0.25) is 4.79 Å². The van der Waals surface area contributed by atoms with Crippen LogP contribution < -0.4 is 15.8 Å². The molecule has 0 atom stereocenters. The van der Waals surface area contributed by atoms with E-state index in [1.807, 2.05) is 13.8 Å². The predicted octanol–water partition coefficient (Wildman–Crippen LogP) is 4.29. The first-order valence-corrected chi connectivity index (χ1v) is 8.82. The number of benzene rings is 2. The second kappa shape index (κ2) is 11.1. The Kier molecular flexibility index (Phi) is 9.22. The smallest absolute Gasteiger partial charge is 0.254 e. The molecule has 0 unspecified atom stereocenters. The van der Waals surface area contributed by atoms with Crippen LogP contribution in [-0.4, -0.2) is 24.2 Å². The van der Waals surface area contributed by atoms with Gasteiger partial charge in [-0.25, -0.2) is 8.78 Å². The van der Waals surface area contributed by atoms with Crippen LogP contribution >= 0.6 is 0 Å². The normalized spacial score (nSPS) is 10.0. The Bertz CT molecular complexity index is 767. The van der Waals surface area contributed by atoms with Crippen LogP contribution in [0.2, 0.25) is 0 Å². The second-order valence-electron chi connectivity index (χ2n) is 5.58. The summed E-state index contributed by atoms with van der Waals surface area (Å²) in [6.45, 7) is 5.93. The van der Waals surface area contributed by atoms with Crippen LogP contribution in [0, 0.1) is 18.6 Å². The van der Waals surface area contributed by atoms with Gasteiger partial charge in [0.25, 0.3) is 5.91 Å². The number of unbranched alkanes of at least 4 members (excludes halogenated alkanes) is 1. The zero-order valence-corrected chi connectivity index (χ0v) is 15.8. The lowest BCUT2D eigenvalue weighted by Gasteiger charge is -2.16. The van der Waals surface area contributed by atoms with Gasteiger partial charge < -0.3 is 20.9 Å². The quantitative estimate of drug-likeness (QED) is 0.597. The van der Waals surface area contributed by atoms with Gasteiger partial charge in [0.15, 0.2) is 0 Å². The molecule has 0 aromatic heterocycles. The molecule has 2 aromatic carbocycles. The Morgan fingerprint density at radius 1 is 1.15 bits per heavy atom. The van der Waals surface area contributed by atoms with Gasteiger partial charge in [0, 0.05) is 12.7 Å². The SMILES string of the molecule is CC.Cc1ccc(Nc2cc(F)cc(OCCCCO)c2C(N)=O)c(F)c1. The van der Waals surface area contributed by atoms with E-state index in [9.17, 15) is 13.6 Å². The van der Waals surface area contributed by atoms with Crippen molar-refractivity contribution in [3.05, 3.63) is 53.1 Å². The Morgan fingerprint density at radius 3 is 2.44 bits per heavy atom. The fourth-order valence-corrected chi connectivity index (χ4v) is 2.31. The van der Waals surface area contributed by atoms with E-state index >= 15 is 0 Å². The van der Waals surface area contributed by atoms with Gasteiger partial charge in [0.05, 0.1) is 18.0 Å². The van der Waals surface area contributed by atoms with Gasteiger partial charge >= 0.3 is 0 Å². The summed E-state index contributed by atoms with van der Waals surface area (Å²) in [6.07, 6.45) is 1.04. The molecule has 0 aliphatic heterocycles. The molecule has 27 heavy (non-hydrogen) atoms. The Labute approximate surface area is 158 Å². The monoisotopic (exact) mass is 380 g/mol. The number of halogens is 2. The van der Waals surface area contributed by atoms with E-state index in [-0.39, 0.29) is 35.9 Å². The van der Waals surface area contributed by atoms with Crippen molar-refractivity contribution < 1.29 is 23.4 Å². The number of amides is 1. The van der Waals surface area contributed by atoms with Gasteiger partial charge in [0.1, 0.15) is 22.9 Å². The van der Waals surface area contributed by atoms with E-state index in [0.717, 1.165) is 17.7 Å². The van der Waals surface area contributed by atoms with E-state index in [1.54, 1.807) is 13.0 Å². The number of nitrogens with one attached hydrogen (secondary N) is 1. The summed E-state index contributed by atoms with van der Waals surface area (Å²) in [4.78, 5) is 11.8. The van der Waals surface area contributed by atoms with Gasteiger partial charge in [-0.1, -0.05) is 19.9 Å². The average Bonchev–Trinajstić information content (AvgIpc) is 2.62. The highest BCUT2D eigenvalue weighted by Gasteiger charge is 2.18. The molecule has 1 amide bonds. The minimum atomic E-state index is -0.827. The van der Waals surface area contributed by atoms with Crippen LogP contribution in [-0.2, 0) is 0 Å². The molecule has 0 spiro atoms. The highest BCUT2D eigenvalue weighted by atomic mass is 19.1. The molecule has 2 aromatic rings. The number of anilines is 2. The van der Waals surface area contributed by atoms with Gasteiger partial charge in [-0.2, -0.15) is 0 Å². The molecule has 0 aliphatic carbocycles. The standard InChI is InChI=1S/C18H20F2N2O3.C2H6/c1-11-4-5-14(13(20)8-11)22-15-9-12(19)10-16(17(15)18(21)24)25-7-3-2-6-23;1-2/h4-5,8-10,22-23H,2-3,6-7H2,1H3,(H2,21,24);1-2H3. The van der Waals surface area contributed by atoms with E-state index in [4.69, 9.17) is 15.6 Å². The number of hydrogen-bond acceptors (Lipinski definition) is 4. The molecule has 148 valence electrons. The largest absolute Gasteiger partial charge is 0.493 e. The maximum atomic E-state index is 14.0. The number of aliphatic hydroxyl groups is 1. The van der Waals surface area contributed by atoms with Crippen LogP contribution in [0.4, 0.5) is 20.2 Å². The third-order valence-corrected chi connectivity index (χ3v) is 3.52. The molecular formula is C20H26F2N2O3. The van der Waals surface area contributed by atoms with Gasteiger partial charge in [-0.05, 0) is 43.5 Å². The van der Waals surface area contributed by atoms with Crippen molar-refractivity contribution in [2.24, 2.45) is 5.73 Å². The highest BCUT2D eigenvalue weighted by molar-refractivity contribution is 6.02. The van der Waals surface area contributed by atoms with Crippen molar-refractivity contribution in [3.63, 3.8) is 0 Å². The van der Waals surface area contributed by atoms with E-state index in [1.165, 1.54) is 12.1 Å². The van der Waals surface area contributed by atoms with Crippen LogP contribution in [0.25, 0.3) is 0 Å². The number of rotatable bonds is 8. The number of carbonyl (C=O) groups excluding carboxylic acids is 1. The molecule has 0 radical (unpaired) electrons. The number of nitrogens with two attached hydrogens (primary N) is 1. The van der Waals surface area contributed by atoms with Crippen LogP contribution in [0.1, 0.15) is 42.6 Å². The number of ether oxygens (including phenoxy) is 1. The van der Waals surface area contributed by atoms with Crippen molar-refractivity contribution >= 4 is 17.3 Å². The minimum absolute atomic E-state index is 0.00862. The molecule has 0 fully saturated rings. The molecule has 0 saturated heterocycles. The predicted molar refractivity (Wildman–Crippen MR) is 103 cm³/mol. The lowest BCUT2D eigenvalue weighted by atomic mass is 10.1. The first kappa shape index (κ1) is 22.4. The summed E-state index contributed by atoms with van der Waals surface area (Å²) in [7, 11) is 0. The van der Waals surface area contributed by atoms with Crippen LogP contribution in [0.3, 0.4) is 0 Å². The first-order valence-electron chi connectivity index (χ1n) is 8.82. The minimum Gasteiger partial charge on any atom is -0.493 e. The zero-order valence-electron chi connectivity index (χ0n) is 15.8. The Morgan fingerprint density at radius 2 is 1.85 bits per heavy atom. The van der Waals surface area contributed by atoms with Gasteiger partial charge in [0.2, 0.25) is 0 Å². The molecule has 7 heteroatoms. The number of aryl methyl sites for hydroxylation is 1. The Hall–Kier alpha value is -2.67. The van der Waals surface area contributed by atoms with Crippen LogP contribution in [0.15, 0.2) is 30.3 Å². The average molecular weight is 380 g/mol. The maximum Gasteiger partial charge on any atom is 0.254 e. The highest BCUT2D eigenvalue weighted by Crippen LogP contribution is 2.31. The number of aliphatic hydroxyl groups excluding tert-OH is 1. The lowest BCUT2D eigenvalue weighted by Crippen LogP contribution is -2.16. The summed E-state index contributed by atoms with van der Waals surface area (Å²) in [5.41, 5.74) is 6.17. The molecule has 0 saturated carbocycles. The fraction of sp³-hybridized carbons (Fsp3) is 0.350. The molecule has 0 heterocycles. The zero-order chi connectivity index (χ0) is 20.4. The number of carbonyl (C=O) groups is 1. The number of hydrogen-bond donors (Lipinski definition) is 3.